The van der Waals surface area contributed by atoms with Crippen LogP contribution in [0.1, 0.15) is 29.6 Å². The van der Waals surface area contributed by atoms with Crippen LogP contribution < -0.4 is 5.32 Å². The van der Waals surface area contributed by atoms with Gasteiger partial charge in [0.05, 0.1) is 17.9 Å². The molecule has 2 aromatic rings. The number of amides is 1. The van der Waals surface area contributed by atoms with Crippen LogP contribution in [-0.4, -0.2) is 22.5 Å². The minimum Gasteiger partial charge on any atom is -0.466 e. The minimum absolute atomic E-state index is 0.0205. The second kappa shape index (κ2) is 6.84. The maximum atomic E-state index is 12.0. The molecule has 1 aromatic heterocycles. The summed E-state index contributed by atoms with van der Waals surface area (Å²) in [4.78, 5) is 22.1. The number of rotatable bonds is 6. The molecule has 0 aliphatic carbocycles. The fraction of sp³-hybridized carbons (Fsp3) is 0.353. The molecule has 0 saturated heterocycles. The molecule has 1 amide bonds. The van der Waals surface area contributed by atoms with Crippen molar-refractivity contribution in [2.75, 3.05) is 6.54 Å². The Morgan fingerprint density at radius 3 is 2.46 bits per heavy atom. The average Bonchev–Trinajstić information content (AvgIpc) is 2.85. The maximum Gasteiger partial charge on any atom is 0.269 e. The van der Waals surface area contributed by atoms with Gasteiger partial charge in [-0.05, 0) is 32.4 Å². The number of nitrogens with zero attached hydrogens (tertiary/aromatic N) is 1. The number of aliphatic hydroxyl groups is 1. The van der Waals surface area contributed by atoms with Crippen molar-refractivity contribution in [1.82, 2.24) is 5.32 Å². The summed E-state index contributed by atoms with van der Waals surface area (Å²) in [6, 6.07) is 7.55. The molecular formula is C17H20N2O5. The van der Waals surface area contributed by atoms with E-state index in [2.05, 4.69) is 5.32 Å². The predicted octanol–water partition coefficient (Wildman–Crippen LogP) is 2.37. The molecule has 1 atom stereocenters. The molecule has 1 heterocycles. The van der Waals surface area contributed by atoms with Crippen LogP contribution in [0.4, 0.5) is 5.69 Å². The summed E-state index contributed by atoms with van der Waals surface area (Å²) >= 11 is 0. The molecule has 24 heavy (non-hydrogen) atoms. The summed E-state index contributed by atoms with van der Waals surface area (Å²) in [5.41, 5.74) is 0.0316. The van der Waals surface area contributed by atoms with Crippen molar-refractivity contribution in [2.24, 2.45) is 0 Å². The predicted molar refractivity (Wildman–Crippen MR) is 87.6 cm³/mol. The molecule has 0 bridgehead atoms. The lowest BCUT2D eigenvalue weighted by molar-refractivity contribution is -0.384. The number of benzene rings is 1. The van der Waals surface area contributed by atoms with E-state index in [-0.39, 0.29) is 24.6 Å². The second-order valence-corrected chi connectivity index (χ2v) is 5.98. The summed E-state index contributed by atoms with van der Waals surface area (Å²) in [5.74, 6) is 1.03. The number of nitro groups is 1. The number of furan rings is 1. The number of aryl methyl sites for hydroxylation is 2. The Labute approximate surface area is 139 Å². The van der Waals surface area contributed by atoms with Crippen molar-refractivity contribution in [3.63, 3.8) is 0 Å². The Morgan fingerprint density at radius 2 is 1.96 bits per heavy atom. The lowest BCUT2D eigenvalue weighted by Gasteiger charge is -2.23. The Balaban J connectivity index is 1.95. The maximum absolute atomic E-state index is 12.0. The third-order valence-corrected chi connectivity index (χ3v) is 3.76. The lowest BCUT2D eigenvalue weighted by Crippen LogP contribution is -2.39. The number of carbonyl (C=O) groups excluding carboxylic acids is 1. The summed E-state index contributed by atoms with van der Waals surface area (Å²) < 4.78 is 5.41. The normalized spacial score (nSPS) is 13.3. The van der Waals surface area contributed by atoms with Gasteiger partial charge in [-0.15, -0.1) is 0 Å². The summed E-state index contributed by atoms with van der Waals surface area (Å²) in [7, 11) is 0. The lowest BCUT2D eigenvalue weighted by atomic mass is 9.96. The topological polar surface area (TPSA) is 106 Å². The van der Waals surface area contributed by atoms with E-state index in [1.165, 1.54) is 12.1 Å². The number of nitro benzene ring substituents is 1. The van der Waals surface area contributed by atoms with Gasteiger partial charge in [-0.3, -0.25) is 14.9 Å². The summed E-state index contributed by atoms with van der Waals surface area (Å²) in [6.07, 6.45) is 0.0808. The molecular weight excluding hydrogens is 312 g/mol. The molecule has 0 spiro atoms. The fourth-order valence-corrected chi connectivity index (χ4v) is 2.51. The van der Waals surface area contributed by atoms with Gasteiger partial charge in [0.1, 0.15) is 17.1 Å². The molecule has 128 valence electrons. The first-order chi connectivity index (χ1) is 11.2. The smallest absolute Gasteiger partial charge is 0.269 e. The van der Waals surface area contributed by atoms with Crippen LogP contribution in [0.2, 0.25) is 0 Å². The highest BCUT2D eigenvalue weighted by Gasteiger charge is 2.28. The van der Waals surface area contributed by atoms with Gasteiger partial charge in [-0.25, -0.2) is 0 Å². The van der Waals surface area contributed by atoms with Crippen LogP contribution in [0.3, 0.4) is 0 Å². The van der Waals surface area contributed by atoms with Crippen LogP contribution in [0.25, 0.3) is 0 Å². The number of hydrogen-bond acceptors (Lipinski definition) is 5. The molecule has 7 heteroatoms. The molecule has 0 aliphatic rings. The highest BCUT2D eigenvalue weighted by atomic mass is 16.6. The zero-order valence-corrected chi connectivity index (χ0v) is 13.8. The summed E-state index contributed by atoms with van der Waals surface area (Å²) in [5, 5.41) is 23.8. The SMILES string of the molecule is Cc1cc([C@](C)(O)CNC(=O)Cc2ccc([N+](=O)[O-])cc2)c(C)o1. The van der Waals surface area contributed by atoms with Crippen LogP contribution in [-0.2, 0) is 16.8 Å². The standard InChI is InChI=1S/C17H20N2O5/c1-11-8-15(12(2)24-11)17(3,21)10-18-16(20)9-13-4-6-14(7-5-13)19(22)23/h4-8,21H,9-10H2,1-3H3,(H,18,20)/t17-/m1/s1. The minimum atomic E-state index is -1.24. The van der Waals surface area contributed by atoms with Crippen LogP contribution in [0, 0.1) is 24.0 Å². The number of carbonyl (C=O) groups is 1. The van der Waals surface area contributed by atoms with Gasteiger partial charge in [0.15, 0.2) is 0 Å². The van der Waals surface area contributed by atoms with Crippen LogP contribution in [0.15, 0.2) is 34.7 Å². The quantitative estimate of drug-likeness (QED) is 0.624. The average molecular weight is 332 g/mol. The van der Waals surface area contributed by atoms with Gasteiger partial charge in [-0.1, -0.05) is 12.1 Å². The highest BCUT2D eigenvalue weighted by molar-refractivity contribution is 5.78. The van der Waals surface area contributed by atoms with Crippen molar-refractivity contribution >= 4 is 11.6 Å². The van der Waals surface area contributed by atoms with Crippen LogP contribution in [0.5, 0.6) is 0 Å². The van der Waals surface area contributed by atoms with Crippen molar-refractivity contribution in [3.05, 3.63) is 63.1 Å². The highest BCUT2D eigenvalue weighted by Crippen LogP contribution is 2.26. The van der Waals surface area contributed by atoms with Gasteiger partial charge in [-0.2, -0.15) is 0 Å². The molecule has 2 N–H and O–H groups in total. The Hall–Kier alpha value is -2.67. The van der Waals surface area contributed by atoms with Crippen molar-refractivity contribution in [2.45, 2.75) is 32.8 Å². The Bertz CT molecular complexity index is 747. The van der Waals surface area contributed by atoms with E-state index in [4.69, 9.17) is 4.42 Å². The first kappa shape index (κ1) is 17.7. The number of hydrogen-bond donors (Lipinski definition) is 2. The van der Waals surface area contributed by atoms with E-state index < -0.39 is 10.5 Å². The van der Waals surface area contributed by atoms with Crippen molar-refractivity contribution < 1.29 is 19.2 Å². The van der Waals surface area contributed by atoms with E-state index in [0.717, 1.165) is 0 Å². The first-order valence-electron chi connectivity index (χ1n) is 7.49. The molecule has 0 saturated carbocycles. The molecule has 2 rings (SSSR count). The molecule has 0 fully saturated rings. The molecule has 7 nitrogen and oxygen atoms in total. The monoisotopic (exact) mass is 332 g/mol. The molecule has 0 aliphatic heterocycles. The molecule has 1 aromatic carbocycles. The van der Waals surface area contributed by atoms with Gasteiger partial charge in [0, 0.05) is 17.7 Å². The third-order valence-electron chi connectivity index (χ3n) is 3.76. The molecule has 0 unspecified atom stereocenters. The van der Waals surface area contributed by atoms with E-state index in [1.807, 2.05) is 0 Å². The zero-order valence-electron chi connectivity index (χ0n) is 13.8. The van der Waals surface area contributed by atoms with E-state index in [0.29, 0.717) is 22.6 Å². The number of non-ortho nitro benzene ring substituents is 1. The van der Waals surface area contributed by atoms with Gasteiger partial charge in [0.2, 0.25) is 5.91 Å². The number of nitrogens with one attached hydrogen (secondary N) is 1. The van der Waals surface area contributed by atoms with E-state index in [9.17, 15) is 20.0 Å². The van der Waals surface area contributed by atoms with Crippen LogP contribution >= 0.6 is 0 Å². The largest absolute Gasteiger partial charge is 0.466 e. The molecule has 0 radical (unpaired) electrons. The fourth-order valence-electron chi connectivity index (χ4n) is 2.51. The first-order valence-corrected chi connectivity index (χ1v) is 7.49. The Morgan fingerprint density at radius 1 is 1.33 bits per heavy atom. The van der Waals surface area contributed by atoms with Crippen molar-refractivity contribution in [1.29, 1.82) is 0 Å². The van der Waals surface area contributed by atoms with Gasteiger partial charge in [0.25, 0.3) is 5.69 Å². The van der Waals surface area contributed by atoms with E-state index in [1.54, 1.807) is 39.0 Å². The zero-order chi connectivity index (χ0) is 17.9. The Kier molecular flexibility index (Phi) is 5.04. The van der Waals surface area contributed by atoms with Crippen molar-refractivity contribution in [3.8, 4) is 0 Å². The van der Waals surface area contributed by atoms with Gasteiger partial charge < -0.3 is 14.8 Å². The van der Waals surface area contributed by atoms with Gasteiger partial charge >= 0.3 is 0 Å². The third kappa shape index (κ3) is 4.20. The second-order valence-electron chi connectivity index (χ2n) is 5.98. The van der Waals surface area contributed by atoms with E-state index >= 15 is 0 Å². The summed E-state index contributed by atoms with van der Waals surface area (Å²) in [6.45, 7) is 5.20.